The van der Waals surface area contributed by atoms with Gasteiger partial charge < -0.3 is 24.8 Å². The molecule has 0 saturated carbocycles. The van der Waals surface area contributed by atoms with Crippen LogP contribution in [0.3, 0.4) is 0 Å². The third-order valence-corrected chi connectivity index (χ3v) is 2.91. The largest absolute Gasteiger partial charge is 0.550 e. The Hall–Kier alpha value is -1.14. The van der Waals surface area contributed by atoms with Gasteiger partial charge in [0.2, 0.25) is 5.91 Å². The van der Waals surface area contributed by atoms with Crippen molar-refractivity contribution in [2.75, 3.05) is 33.7 Å². The summed E-state index contributed by atoms with van der Waals surface area (Å²) in [5, 5.41) is 22.5. The number of carboxylic acid groups (broad SMARTS) is 1. The van der Waals surface area contributed by atoms with Crippen LogP contribution in [-0.4, -0.2) is 61.3 Å². The first-order chi connectivity index (χ1) is 8.64. The molecule has 1 amide bonds. The lowest BCUT2D eigenvalue weighted by atomic mass is 10.1. The van der Waals surface area contributed by atoms with Gasteiger partial charge in [-0.25, -0.2) is 0 Å². The molecule has 0 aliphatic heterocycles. The highest BCUT2D eigenvalue weighted by molar-refractivity contribution is 5.81. The van der Waals surface area contributed by atoms with Crippen molar-refractivity contribution < 1.29 is 24.3 Å². The predicted molar refractivity (Wildman–Crippen MR) is 69.9 cm³/mol. The second kappa shape index (κ2) is 8.12. The SMILES string of the molecule is CC(O)C[N+](C)(C)CCCNC(=O)CC(C)C(=O)[O-]. The van der Waals surface area contributed by atoms with Gasteiger partial charge in [0.1, 0.15) is 12.6 Å². The van der Waals surface area contributed by atoms with Crippen molar-refractivity contribution in [1.29, 1.82) is 0 Å². The zero-order chi connectivity index (χ0) is 15.1. The Morgan fingerprint density at radius 2 is 1.89 bits per heavy atom. The average Bonchev–Trinajstić information content (AvgIpc) is 2.22. The molecule has 0 spiro atoms. The molecule has 0 aromatic heterocycles. The Morgan fingerprint density at radius 3 is 2.37 bits per heavy atom. The average molecular weight is 274 g/mol. The van der Waals surface area contributed by atoms with Crippen LogP contribution in [0.2, 0.25) is 0 Å². The van der Waals surface area contributed by atoms with Crippen LogP contribution in [0.15, 0.2) is 0 Å². The van der Waals surface area contributed by atoms with Gasteiger partial charge in [0.25, 0.3) is 0 Å². The Morgan fingerprint density at radius 1 is 1.32 bits per heavy atom. The van der Waals surface area contributed by atoms with Gasteiger partial charge in [-0.2, -0.15) is 0 Å². The number of amides is 1. The molecular weight excluding hydrogens is 248 g/mol. The Labute approximate surface area is 115 Å². The second-order valence-electron chi connectivity index (χ2n) is 5.82. The maximum atomic E-state index is 11.4. The van der Waals surface area contributed by atoms with Crippen molar-refractivity contribution in [2.45, 2.75) is 32.8 Å². The number of likely N-dealkylation sites (N-methyl/N-ethyl adjacent to an activating group) is 1. The van der Waals surface area contributed by atoms with E-state index in [2.05, 4.69) is 5.32 Å². The first-order valence-corrected chi connectivity index (χ1v) is 6.61. The number of aliphatic hydroxyl groups is 1. The molecule has 0 heterocycles. The van der Waals surface area contributed by atoms with Gasteiger partial charge in [-0.1, -0.05) is 6.92 Å². The number of quaternary nitrogens is 1. The number of nitrogens with zero attached hydrogens (tertiary/aromatic N) is 1. The lowest BCUT2D eigenvalue weighted by Crippen LogP contribution is -2.46. The number of carbonyl (C=O) groups excluding carboxylic acids is 2. The van der Waals surface area contributed by atoms with E-state index >= 15 is 0 Å². The van der Waals surface area contributed by atoms with E-state index in [1.807, 2.05) is 14.1 Å². The molecule has 0 aliphatic carbocycles. The summed E-state index contributed by atoms with van der Waals surface area (Å²) in [7, 11) is 4.04. The number of aliphatic hydroxyl groups excluding tert-OH is 1. The molecule has 0 aromatic carbocycles. The minimum absolute atomic E-state index is 0.0474. The summed E-state index contributed by atoms with van der Waals surface area (Å²) in [5.41, 5.74) is 0. The number of rotatable bonds is 9. The van der Waals surface area contributed by atoms with E-state index in [4.69, 9.17) is 0 Å². The molecular formula is C13H26N2O4. The molecule has 112 valence electrons. The molecule has 0 bridgehead atoms. The maximum Gasteiger partial charge on any atom is 0.220 e. The lowest BCUT2D eigenvalue weighted by Gasteiger charge is -2.31. The molecule has 2 N–H and O–H groups in total. The smallest absolute Gasteiger partial charge is 0.220 e. The third kappa shape index (κ3) is 9.44. The summed E-state index contributed by atoms with van der Waals surface area (Å²) in [6.45, 7) is 5.22. The summed E-state index contributed by atoms with van der Waals surface area (Å²) < 4.78 is 0.684. The second-order valence-corrected chi connectivity index (χ2v) is 5.82. The maximum absolute atomic E-state index is 11.4. The van der Waals surface area contributed by atoms with E-state index in [1.54, 1.807) is 6.92 Å². The molecule has 6 heteroatoms. The van der Waals surface area contributed by atoms with Gasteiger partial charge in [0, 0.05) is 31.3 Å². The van der Waals surface area contributed by atoms with Crippen LogP contribution in [0.5, 0.6) is 0 Å². The molecule has 0 aliphatic rings. The fourth-order valence-corrected chi connectivity index (χ4v) is 1.98. The molecule has 2 atom stereocenters. The fourth-order valence-electron chi connectivity index (χ4n) is 1.98. The number of nitrogens with one attached hydrogen (secondary N) is 1. The van der Waals surface area contributed by atoms with Crippen LogP contribution in [0.1, 0.15) is 26.7 Å². The summed E-state index contributed by atoms with van der Waals surface area (Å²) in [6.07, 6.45) is 0.382. The zero-order valence-electron chi connectivity index (χ0n) is 12.3. The van der Waals surface area contributed by atoms with Crippen LogP contribution >= 0.6 is 0 Å². The highest BCUT2D eigenvalue weighted by atomic mass is 16.4. The zero-order valence-corrected chi connectivity index (χ0v) is 12.3. The first kappa shape index (κ1) is 17.9. The topological polar surface area (TPSA) is 89.5 Å². The molecule has 6 nitrogen and oxygen atoms in total. The third-order valence-electron chi connectivity index (χ3n) is 2.91. The van der Waals surface area contributed by atoms with Crippen LogP contribution in [0.4, 0.5) is 0 Å². The molecule has 0 aromatic rings. The van der Waals surface area contributed by atoms with Crippen LogP contribution < -0.4 is 10.4 Å². The summed E-state index contributed by atoms with van der Waals surface area (Å²) in [5.74, 6) is -2.23. The van der Waals surface area contributed by atoms with E-state index in [0.29, 0.717) is 17.6 Å². The summed E-state index contributed by atoms with van der Waals surface area (Å²) in [6, 6.07) is 0. The van der Waals surface area contributed by atoms with Gasteiger partial charge in [0.15, 0.2) is 0 Å². The minimum Gasteiger partial charge on any atom is -0.550 e. The normalized spacial score (nSPS) is 14.8. The highest BCUT2D eigenvalue weighted by Gasteiger charge is 2.17. The van der Waals surface area contributed by atoms with Crippen LogP contribution in [0.25, 0.3) is 0 Å². The van der Waals surface area contributed by atoms with Crippen molar-refractivity contribution in [1.82, 2.24) is 5.32 Å². The first-order valence-electron chi connectivity index (χ1n) is 6.61. The van der Waals surface area contributed by atoms with Crippen molar-refractivity contribution in [3.8, 4) is 0 Å². The Bertz CT molecular complexity index is 303. The van der Waals surface area contributed by atoms with E-state index in [1.165, 1.54) is 6.92 Å². The van der Waals surface area contributed by atoms with Crippen LogP contribution in [-0.2, 0) is 9.59 Å². The van der Waals surface area contributed by atoms with Gasteiger partial charge in [-0.15, -0.1) is 0 Å². The number of carbonyl (C=O) groups is 2. The van der Waals surface area contributed by atoms with Gasteiger partial charge in [-0.3, -0.25) is 4.79 Å². The summed E-state index contributed by atoms with van der Waals surface area (Å²) in [4.78, 5) is 21.9. The fraction of sp³-hybridized carbons (Fsp3) is 0.846. The Kier molecular flexibility index (Phi) is 7.63. The van der Waals surface area contributed by atoms with Gasteiger partial charge >= 0.3 is 0 Å². The number of carboxylic acids is 1. The standard InChI is InChI=1S/C13H26N2O4/c1-10(13(18)19)8-12(17)14-6-5-7-15(3,4)9-11(2)16/h10-11,16H,5-9H2,1-4H3,(H-,14,17,18,19). The van der Waals surface area contributed by atoms with Crippen LogP contribution in [0, 0.1) is 5.92 Å². The molecule has 0 radical (unpaired) electrons. The quantitative estimate of drug-likeness (QED) is 0.405. The van der Waals surface area contributed by atoms with Crippen molar-refractivity contribution in [3.05, 3.63) is 0 Å². The molecule has 0 rings (SSSR count). The lowest BCUT2D eigenvalue weighted by molar-refractivity contribution is -0.893. The molecule has 2 unspecified atom stereocenters. The van der Waals surface area contributed by atoms with Crippen molar-refractivity contribution >= 4 is 11.9 Å². The van der Waals surface area contributed by atoms with Crippen molar-refractivity contribution in [3.63, 3.8) is 0 Å². The van der Waals surface area contributed by atoms with Crippen molar-refractivity contribution in [2.24, 2.45) is 5.92 Å². The van der Waals surface area contributed by atoms with E-state index in [9.17, 15) is 19.8 Å². The predicted octanol–water partition coefficient (Wildman–Crippen LogP) is -1.27. The van der Waals surface area contributed by atoms with E-state index in [0.717, 1.165) is 13.0 Å². The van der Waals surface area contributed by atoms with E-state index < -0.39 is 11.9 Å². The molecule has 19 heavy (non-hydrogen) atoms. The number of hydrogen-bond acceptors (Lipinski definition) is 4. The number of aliphatic carboxylic acids is 1. The highest BCUT2D eigenvalue weighted by Crippen LogP contribution is 2.02. The van der Waals surface area contributed by atoms with E-state index in [-0.39, 0.29) is 18.4 Å². The van der Waals surface area contributed by atoms with Gasteiger partial charge in [0.05, 0.1) is 20.6 Å². The minimum atomic E-state index is -1.20. The van der Waals surface area contributed by atoms with Gasteiger partial charge in [-0.05, 0) is 6.92 Å². The monoisotopic (exact) mass is 274 g/mol. The summed E-state index contributed by atoms with van der Waals surface area (Å²) >= 11 is 0. The molecule has 0 fully saturated rings. The molecule has 0 saturated heterocycles. The number of hydrogen-bond donors (Lipinski definition) is 2. The Balaban J connectivity index is 3.80.